The van der Waals surface area contributed by atoms with Gasteiger partial charge >= 0.3 is 11.9 Å². The van der Waals surface area contributed by atoms with Crippen LogP contribution in [0, 0.1) is 0 Å². The zero-order chi connectivity index (χ0) is 25.2. The molecule has 0 aliphatic carbocycles. The van der Waals surface area contributed by atoms with Crippen LogP contribution >= 0.6 is 11.3 Å². The highest BCUT2D eigenvalue weighted by molar-refractivity contribution is 7.09. The Balaban J connectivity index is 1.99. The van der Waals surface area contributed by atoms with Crippen molar-refractivity contribution in [1.82, 2.24) is 9.55 Å². The summed E-state index contributed by atoms with van der Waals surface area (Å²) in [6.07, 6.45) is 6.49. The summed E-state index contributed by atoms with van der Waals surface area (Å²) in [5.41, 5.74) is 2.17. The minimum atomic E-state index is -0.959. The number of aromatic nitrogens is 2. The van der Waals surface area contributed by atoms with Crippen molar-refractivity contribution in [2.75, 3.05) is 21.0 Å². The van der Waals surface area contributed by atoms with Crippen molar-refractivity contribution in [3.63, 3.8) is 0 Å². The van der Waals surface area contributed by atoms with Gasteiger partial charge in [-0.15, -0.1) is 11.3 Å². The number of aliphatic carboxylic acids is 1. The first kappa shape index (κ1) is 26.2. The summed E-state index contributed by atoms with van der Waals surface area (Å²) in [7, 11) is 2.82. The van der Waals surface area contributed by atoms with Gasteiger partial charge < -0.3 is 23.9 Å². The molecular weight excluding hydrogens is 468 g/mol. The number of benzene rings is 1. The van der Waals surface area contributed by atoms with Gasteiger partial charge in [-0.3, -0.25) is 0 Å². The Kier molecular flexibility index (Phi) is 9.63. The number of nitrogens with zero attached hydrogens (tertiary/aromatic N) is 2. The van der Waals surface area contributed by atoms with Crippen molar-refractivity contribution >= 4 is 29.4 Å². The van der Waals surface area contributed by atoms with E-state index in [4.69, 9.17) is 14.2 Å². The number of hydrogen-bond donors (Lipinski definition) is 1. The van der Waals surface area contributed by atoms with E-state index in [1.54, 1.807) is 24.4 Å². The molecule has 9 heteroatoms. The molecule has 2 aromatic heterocycles. The summed E-state index contributed by atoms with van der Waals surface area (Å²) < 4.78 is 17.5. The predicted molar refractivity (Wildman–Crippen MR) is 134 cm³/mol. The molecule has 0 saturated heterocycles. The van der Waals surface area contributed by atoms with E-state index < -0.39 is 11.9 Å². The van der Waals surface area contributed by atoms with E-state index in [1.807, 2.05) is 28.1 Å². The number of carboxylic acids is 1. The highest BCUT2D eigenvalue weighted by Gasteiger charge is 2.17. The smallest absolute Gasteiger partial charge is 0.341 e. The second-order valence-electron chi connectivity index (χ2n) is 7.89. The molecule has 0 saturated carbocycles. The first-order valence-corrected chi connectivity index (χ1v) is 12.2. The largest absolute Gasteiger partial charge is 0.478 e. The standard InChI is InChI=1S/C26H30N2O6S/c1-4-5-8-24-27-15-20(13-19(25(29)30)14-21-7-6-11-35-21)28(24)16-18-9-10-22(26(31)33-3)23(12-18)34-17-32-2/h6-7,9-13,15H,4-5,8,14,16-17H2,1-3H3,(H,29,30)/b19-13+. The molecule has 0 unspecified atom stereocenters. The van der Waals surface area contributed by atoms with Gasteiger partial charge in [0, 0.05) is 36.9 Å². The molecule has 0 aliphatic rings. The Morgan fingerprint density at radius 2 is 2.06 bits per heavy atom. The fraction of sp³-hybridized carbons (Fsp3) is 0.346. The lowest BCUT2D eigenvalue weighted by atomic mass is 10.1. The summed E-state index contributed by atoms with van der Waals surface area (Å²) in [6, 6.07) is 9.09. The number of ether oxygens (including phenoxy) is 3. The fourth-order valence-corrected chi connectivity index (χ4v) is 4.32. The number of carbonyl (C=O) groups excluding carboxylic acids is 1. The number of thiophene rings is 1. The average Bonchev–Trinajstić information content (AvgIpc) is 3.50. The second-order valence-corrected chi connectivity index (χ2v) is 8.93. The quantitative estimate of drug-likeness (QED) is 0.205. The van der Waals surface area contributed by atoms with Crippen molar-refractivity contribution in [2.45, 2.75) is 39.2 Å². The normalized spacial score (nSPS) is 11.5. The van der Waals surface area contributed by atoms with Crippen LogP contribution in [0.4, 0.5) is 0 Å². The van der Waals surface area contributed by atoms with E-state index in [-0.39, 0.29) is 6.79 Å². The maximum atomic E-state index is 12.1. The number of hydrogen-bond acceptors (Lipinski definition) is 7. The van der Waals surface area contributed by atoms with E-state index in [2.05, 4.69) is 11.9 Å². The monoisotopic (exact) mass is 498 g/mol. The SMILES string of the molecule is CCCCc1ncc(/C=C(\Cc2cccs2)C(=O)O)n1Cc1ccc(C(=O)OC)c(OCOC)c1. The van der Waals surface area contributed by atoms with Crippen molar-refractivity contribution in [3.8, 4) is 5.75 Å². The molecule has 2 heterocycles. The molecule has 186 valence electrons. The number of carbonyl (C=O) groups is 2. The van der Waals surface area contributed by atoms with Crippen LogP contribution in [0.1, 0.15) is 52.1 Å². The van der Waals surface area contributed by atoms with Crippen molar-refractivity contribution in [2.24, 2.45) is 0 Å². The average molecular weight is 499 g/mol. The first-order valence-electron chi connectivity index (χ1n) is 11.3. The first-order chi connectivity index (χ1) is 17.0. The summed E-state index contributed by atoms with van der Waals surface area (Å²) in [5, 5.41) is 11.8. The van der Waals surface area contributed by atoms with Gasteiger partial charge in [0.15, 0.2) is 6.79 Å². The topological polar surface area (TPSA) is 99.9 Å². The van der Waals surface area contributed by atoms with Gasteiger partial charge in [0.25, 0.3) is 0 Å². The Morgan fingerprint density at radius 3 is 2.71 bits per heavy atom. The molecule has 0 radical (unpaired) electrons. The number of imidazole rings is 1. The zero-order valence-corrected chi connectivity index (χ0v) is 21.0. The third-order valence-corrected chi connectivity index (χ3v) is 6.27. The van der Waals surface area contributed by atoms with Crippen LogP contribution in [0.3, 0.4) is 0 Å². The van der Waals surface area contributed by atoms with Crippen LogP contribution in [0.2, 0.25) is 0 Å². The maximum Gasteiger partial charge on any atom is 0.341 e. The molecular formula is C26H30N2O6S. The van der Waals surface area contributed by atoms with E-state index >= 15 is 0 Å². The molecule has 0 spiro atoms. The lowest BCUT2D eigenvalue weighted by molar-refractivity contribution is -0.132. The Bertz CT molecular complexity index is 1170. The summed E-state index contributed by atoms with van der Waals surface area (Å²) in [4.78, 5) is 29.7. The van der Waals surface area contributed by atoms with E-state index in [0.717, 1.165) is 35.5 Å². The van der Waals surface area contributed by atoms with Gasteiger partial charge in [0.2, 0.25) is 0 Å². The predicted octanol–water partition coefficient (Wildman–Crippen LogP) is 4.82. The number of carboxylic acid groups (broad SMARTS) is 1. The molecule has 1 aromatic carbocycles. The second kappa shape index (κ2) is 12.9. The lowest BCUT2D eigenvalue weighted by Gasteiger charge is -2.14. The van der Waals surface area contributed by atoms with Crippen LogP contribution in [-0.2, 0) is 33.7 Å². The molecule has 0 aliphatic heterocycles. The molecule has 0 fully saturated rings. The molecule has 3 aromatic rings. The van der Waals surface area contributed by atoms with E-state index in [1.165, 1.54) is 25.6 Å². The lowest BCUT2D eigenvalue weighted by Crippen LogP contribution is -2.11. The Hall–Kier alpha value is -3.43. The number of unbranched alkanes of at least 4 members (excludes halogenated alkanes) is 1. The van der Waals surface area contributed by atoms with Crippen LogP contribution in [0.15, 0.2) is 47.5 Å². The van der Waals surface area contributed by atoms with Crippen LogP contribution in [-0.4, -0.2) is 47.6 Å². The van der Waals surface area contributed by atoms with Gasteiger partial charge in [-0.2, -0.15) is 0 Å². The molecule has 1 N–H and O–H groups in total. The van der Waals surface area contributed by atoms with Gasteiger partial charge in [-0.1, -0.05) is 25.5 Å². The molecule has 8 nitrogen and oxygen atoms in total. The molecule has 0 amide bonds. The number of aryl methyl sites for hydroxylation is 1. The van der Waals surface area contributed by atoms with Gasteiger partial charge in [0.1, 0.15) is 17.1 Å². The maximum absolute atomic E-state index is 12.1. The van der Waals surface area contributed by atoms with Gasteiger partial charge in [-0.05, 0) is 41.6 Å². The molecule has 35 heavy (non-hydrogen) atoms. The Morgan fingerprint density at radius 1 is 1.23 bits per heavy atom. The minimum Gasteiger partial charge on any atom is -0.478 e. The molecule has 0 atom stereocenters. The summed E-state index contributed by atoms with van der Waals surface area (Å²) >= 11 is 1.53. The third-order valence-electron chi connectivity index (χ3n) is 5.39. The highest BCUT2D eigenvalue weighted by Crippen LogP contribution is 2.24. The minimum absolute atomic E-state index is 0.0149. The van der Waals surface area contributed by atoms with Crippen LogP contribution < -0.4 is 4.74 Å². The number of esters is 1. The summed E-state index contributed by atoms with van der Waals surface area (Å²) in [5.74, 6) is -0.237. The van der Waals surface area contributed by atoms with E-state index in [0.29, 0.717) is 35.5 Å². The highest BCUT2D eigenvalue weighted by atomic mass is 32.1. The van der Waals surface area contributed by atoms with Gasteiger partial charge in [0.05, 0.1) is 19.0 Å². The Labute approximate surface area is 208 Å². The third kappa shape index (κ3) is 7.03. The van der Waals surface area contributed by atoms with Gasteiger partial charge in [-0.25, -0.2) is 14.6 Å². The summed E-state index contributed by atoms with van der Waals surface area (Å²) in [6.45, 7) is 2.53. The number of rotatable bonds is 13. The van der Waals surface area contributed by atoms with Crippen molar-refractivity contribution < 1.29 is 28.9 Å². The zero-order valence-electron chi connectivity index (χ0n) is 20.2. The number of methoxy groups -OCH3 is 2. The van der Waals surface area contributed by atoms with E-state index in [9.17, 15) is 14.7 Å². The molecule has 0 bridgehead atoms. The van der Waals surface area contributed by atoms with Crippen LogP contribution in [0.25, 0.3) is 6.08 Å². The fourth-order valence-electron chi connectivity index (χ4n) is 3.60. The van der Waals surface area contributed by atoms with Crippen molar-refractivity contribution in [3.05, 3.63) is 75.0 Å². The van der Waals surface area contributed by atoms with Crippen LogP contribution in [0.5, 0.6) is 5.75 Å². The van der Waals surface area contributed by atoms with Crippen molar-refractivity contribution in [1.29, 1.82) is 0 Å². The molecule has 3 rings (SSSR count).